The van der Waals surface area contributed by atoms with Crippen molar-refractivity contribution in [3.63, 3.8) is 0 Å². The van der Waals surface area contributed by atoms with Crippen LogP contribution < -0.4 is 16.0 Å². The van der Waals surface area contributed by atoms with Gasteiger partial charge < -0.3 is 20.7 Å². The number of hydrogen-bond acceptors (Lipinski definition) is 3. The fraction of sp³-hybridized carbons (Fsp3) is 0.857. The Morgan fingerprint density at radius 3 is 2.55 bits per heavy atom. The topological polar surface area (TPSA) is 74.8 Å². The van der Waals surface area contributed by atoms with Gasteiger partial charge in [0, 0.05) is 26.7 Å². The summed E-state index contributed by atoms with van der Waals surface area (Å²) >= 11 is 0. The molecule has 1 amide bonds. The van der Waals surface area contributed by atoms with Crippen molar-refractivity contribution in [3.8, 4) is 0 Å². The number of carbonyl (C=O) groups is 1. The maximum Gasteiger partial charge on any atom is 0.239 e. The van der Waals surface area contributed by atoms with E-state index in [2.05, 4.69) is 27.9 Å². The van der Waals surface area contributed by atoms with Gasteiger partial charge in [-0.25, -0.2) is 0 Å². The van der Waals surface area contributed by atoms with Crippen LogP contribution in [0.2, 0.25) is 0 Å². The van der Waals surface area contributed by atoms with Crippen LogP contribution in [0, 0.1) is 5.92 Å². The number of rotatable bonds is 6. The van der Waals surface area contributed by atoms with Crippen LogP contribution in [-0.4, -0.2) is 51.8 Å². The molecule has 1 aliphatic rings. The van der Waals surface area contributed by atoms with Crippen LogP contribution in [0.25, 0.3) is 0 Å². The molecular formula is C14H28N4O2. The molecule has 0 aromatic rings. The van der Waals surface area contributed by atoms with Crippen molar-refractivity contribution in [2.24, 2.45) is 10.9 Å². The molecule has 20 heavy (non-hydrogen) atoms. The summed E-state index contributed by atoms with van der Waals surface area (Å²) in [4.78, 5) is 15.7. The van der Waals surface area contributed by atoms with E-state index >= 15 is 0 Å². The highest BCUT2D eigenvalue weighted by Gasteiger charge is 2.18. The lowest BCUT2D eigenvalue weighted by Crippen LogP contribution is -2.47. The second-order valence-electron chi connectivity index (χ2n) is 5.37. The van der Waals surface area contributed by atoms with Crippen molar-refractivity contribution in [2.45, 2.75) is 38.6 Å². The van der Waals surface area contributed by atoms with Crippen molar-refractivity contribution in [2.75, 3.05) is 33.9 Å². The third-order valence-corrected chi connectivity index (χ3v) is 3.63. The third kappa shape index (κ3) is 6.75. The number of hydrogen-bond donors (Lipinski definition) is 3. The third-order valence-electron chi connectivity index (χ3n) is 3.63. The van der Waals surface area contributed by atoms with Crippen LogP contribution in [0.3, 0.4) is 0 Å². The van der Waals surface area contributed by atoms with E-state index in [0.717, 1.165) is 5.92 Å². The molecule has 1 fully saturated rings. The number of carbonyl (C=O) groups excluding carboxylic acids is 1. The van der Waals surface area contributed by atoms with E-state index in [9.17, 15) is 4.79 Å². The van der Waals surface area contributed by atoms with Gasteiger partial charge in [-0.3, -0.25) is 9.79 Å². The molecule has 0 heterocycles. The first-order valence-corrected chi connectivity index (χ1v) is 7.38. The lowest BCUT2D eigenvalue weighted by Gasteiger charge is -2.28. The molecule has 1 rings (SSSR count). The summed E-state index contributed by atoms with van der Waals surface area (Å²) < 4.78 is 4.88. The van der Waals surface area contributed by atoms with Gasteiger partial charge >= 0.3 is 0 Å². The van der Waals surface area contributed by atoms with Crippen molar-refractivity contribution in [1.82, 2.24) is 16.0 Å². The summed E-state index contributed by atoms with van der Waals surface area (Å²) in [5.74, 6) is 1.48. The van der Waals surface area contributed by atoms with E-state index in [4.69, 9.17) is 4.74 Å². The van der Waals surface area contributed by atoms with E-state index in [1.54, 1.807) is 14.2 Å². The molecule has 0 aliphatic heterocycles. The minimum absolute atomic E-state index is 0.0535. The summed E-state index contributed by atoms with van der Waals surface area (Å²) in [7, 11) is 3.34. The molecule has 1 saturated carbocycles. The number of aliphatic imine (C=N–C) groups is 1. The molecule has 1 aliphatic carbocycles. The highest BCUT2D eigenvalue weighted by Crippen LogP contribution is 2.23. The molecule has 0 radical (unpaired) electrons. The Hall–Kier alpha value is -1.30. The fourth-order valence-electron chi connectivity index (χ4n) is 2.31. The summed E-state index contributed by atoms with van der Waals surface area (Å²) in [6.45, 7) is 3.59. The van der Waals surface area contributed by atoms with E-state index in [0.29, 0.717) is 25.2 Å². The Morgan fingerprint density at radius 2 is 1.95 bits per heavy atom. The molecule has 6 heteroatoms. The highest BCUT2D eigenvalue weighted by atomic mass is 16.5. The number of guanidine groups is 1. The van der Waals surface area contributed by atoms with Crippen molar-refractivity contribution >= 4 is 11.9 Å². The second-order valence-corrected chi connectivity index (χ2v) is 5.37. The summed E-state index contributed by atoms with van der Waals surface area (Å²) in [5, 5.41) is 9.19. The fourth-order valence-corrected chi connectivity index (χ4v) is 2.31. The summed E-state index contributed by atoms with van der Waals surface area (Å²) in [5.41, 5.74) is 0. The first-order valence-electron chi connectivity index (χ1n) is 7.38. The number of nitrogens with one attached hydrogen (secondary N) is 3. The van der Waals surface area contributed by atoms with E-state index in [-0.39, 0.29) is 12.5 Å². The first-order chi connectivity index (χ1) is 9.65. The Labute approximate surface area is 121 Å². The van der Waals surface area contributed by atoms with Crippen LogP contribution in [0.4, 0.5) is 0 Å². The standard InChI is InChI=1S/C14H28N4O2/c1-11-4-6-12(7-5-11)18-14(15-2)17-10-13(19)16-8-9-20-3/h11-12H,4-10H2,1-3H3,(H,16,19)(H2,15,17,18). The molecule has 3 N–H and O–H groups in total. The van der Waals surface area contributed by atoms with E-state index < -0.39 is 0 Å². The minimum atomic E-state index is -0.0535. The van der Waals surface area contributed by atoms with Crippen LogP contribution in [0.5, 0.6) is 0 Å². The van der Waals surface area contributed by atoms with Gasteiger partial charge in [0.1, 0.15) is 0 Å². The van der Waals surface area contributed by atoms with Gasteiger partial charge in [0.2, 0.25) is 5.91 Å². The first kappa shape index (κ1) is 16.8. The van der Waals surface area contributed by atoms with Gasteiger partial charge in [-0.1, -0.05) is 6.92 Å². The normalized spacial score (nSPS) is 23.2. The van der Waals surface area contributed by atoms with Gasteiger partial charge in [0.05, 0.1) is 13.2 Å². The average molecular weight is 284 g/mol. The molecule has 0 atom stereocenters. The Morgan fingerprint density at radius 1 is 1.25 bits per heavy atom. The summed E-state index contributed by atoms with van der Waals surface area (Å²) in [6, 6.07) is 0.467. The molecule has 0 spiro atoms. The summed E-state index contributed by atoms with van der Waals surface area (Å²) in [6.07, 6.45) is 4.85. The SMILES string of the molecule is CN=C(NCC(=O)NCCOC)NC1CCC(C)CC1. The minimum Gasteiger partial charge on any atom is -0.383 e. The number of nitrogens with zero attached hydrogens (tertiary/aromatic N) is 1. The molecule has 0 saturated heterocycles. The molecule has 0 aromatic carbocycles. The molecular weight excluding hydrogens is 256 g/mol. The van der Waals surface area contributed by atoms with Crippen LogP contribution in [0.1, 0.15) is 32.6 Å². The van der Waals surface area contributed by atoms with Crippen molar-refractivity contribution < 1.29 is 9.53 Å². The van der Waals surface area contributed by atoms with Crippen LogP contribution in [0.15, 0.2) is 4.99 Å². The Bertz CT molecular complexity index is 312. The predicted molar refractivity (Wildman–Crippen MR) is 80.8 cm³/mol. The van der Waals surface area contributed by atoms with E-state index in [1.165, 1.54) is 25.7 Å². The molecule has 6 nitrogen and oxygen atoms in total. The second kappa shape index (κ2) is 9.58. The molecule has 0 unspecified atom stereocenters. The Kier molecular flexibility index (Phi) is 8.02. The van der Waals surface area contributed by atoms with Crippen molar-refractivity contribution in [3.05, 3.63) is 0 Å². The zero-order valence-corrected chi connectivity index (χ0v) is 12.9. The highest BCUT2D eigenvalue weighted by molar-refractivity contribution is 5.86. The van der Waals surface area contributed by atoms with Gasteiger partial charge in [0.15, 0.2) is 5.96 Å². The van der Waals surface area contributed by atoms with Gasteiger partial charge in [-0.05, 0) is 31.6 Å². The molecule has 0 aromatic heterocycles. The lowest BCUT2D eigenvalue weighted by molar-refractivity contribution is -0.120. The van der Waals surface area contributed by atoms with E-state index in [1.807, 2.05) is 0 Å². The maximum absolute atomic E-state index is 11.6. The predicted octanol–water partition coefficient (Wildman–Crippen LogP) is 0.493. The maximum atomic E-state index is 11.6. The smallest absolute Gasteiger partial charge is 0.239 e. The molecule has 116 valence electrons. The quantitative estimate of drug-likeness (QED) is 0.377. The average Bonchev–Trinajstić information content (AvgIpc) is 2.45. The monoisotopic (exact) mass is 284 g/mol. The zero-order chi connectivity index (χ0) is 14.8. The number of ether oxygens (including phenoxy) is 1. The van der Waals surface area contributed by atoms with Crippen molar-refractivity contribution in [1.29, 1.82) is 0 Å². The van der Waals surface area contributed by atoms with Crippen LogP contribution in [-0.2, 0) is 9.53 Å². The lowest BCUT2D eigenvalue weighted by atomic mass is 9.87. The zero-order valence-electron chi connectivity index (χ0n) is 12.9. The van der Waals surface area contributed by atoms with Gasteiger partial charge in [0.25, 0.3) is 0 Å². The van der Waals surface area contributed by atoms with Gasteiger partial charge in [-0.2, -0.15) is 0 Å². The largest absolute Gasteiger partial charge is 0.383 e. The molecule has 0 bridgehead atoms. The van der Waals surface area contributed by atoms with Crippen LogP contribution >= 0.6 is 0 Å². The van der Waals surface area contributed by atoms with Gasteiger partial charge in [-0.15, -0.1) is 0 Å². The Balaban J connectivity index is 2.21. The number of methoxy groups -OCH3 is 1. The number of amides is 1.